The minimum absolute atomic E-state index is 0.0110. The number of anilines is 2. The first-order valence-electron chi connectivity index (χ1n) is 7.26. The van der Waals surface area contributed by atoms with Crippen LogP contribution in [0.5, 0.6) is 0 Å². The molecule has 1 atom stereocenters. The van der Waals surface area contributed by atoms with Crippen LogP contribution in [0.1, 0.15) is 39.0 Å². The Morgan fingerprint density at radius 3 is 2.48 bits per heavy atom. The molecule has 0 saturated heterocycles. The van der Waals surface area contributed by atoms with Gasteiger partial charge in [-0.3, -0.25) is 4.79 Å². The van der Waals surface area contributed by atoms with E-state index >= 15 is 0 Å². The van der Waals surface area contributed by atoms with Gasteiger partial charge in [-0.05, 0) is 25.7 Å². The predicted molar refractivity (Wildman–Crippen MR) is 83.6 cm³/mol. The summed E-state index contributed by atoms with van der Waals surface area (Å²) in [6.45, 7) is 2.57. The third-order valence-corrected chi connectivity index (χ3v) is 4.55. The first-order chi connectivity index (χ1) is 10.0. The van der Waals surface area contributed by atoms with Crippen molar-refractivity contribution in [3.05, 3.63) is 0 Å². The van der Waals surface area contributed by atoms with Gasteiger partial charge in [-0.25, -0.2) is 0 Å². The van der Waals surface area contributed by atoms with Crippen molar-refractivity contribution in [3.63, 3.8) is 0 Å². The van der Waals surface area contributed by atoms with Crippen molar-refractivity contribution in [2.45, 2.75) is 49.4 Å². The van der Waals surface area contributed by atoms with Gasteiger partial charge in [0.15, 0.2) is 5.16 Å². The van der Waals surface area contributed by atoms with E-state index in [4.69, 9.17) is 11.5 Å². The predicted octanol–water partition coefficient (Wildman–Crippen LogP) is 1.21. The zero-order valence-electron chi connectivity index (χ0n) is 12.2. The second-order valence-electron chi connectivity index (χ2n) is 5.34. The number of carbonyl (C=O) groups excluding carboxylic acids is 1. The van der Waals surface area contributed by atoms with Gasteiger partial charge in [0.1, 0.15) is 0 Å². The van der Waals surface area contributed by atoms with Crippen LogP contribution < -0.4 is 16.8 Å². The largest absolute Gasteiger partial charge is 0.368 e. The van der Waals surface area contributed by atoms with Crippen molar-refractivity contribution in [2.24, 2.45) is 5.92 Å². The lowest BCUT2D eigenvalue weighted by atomic mass is 9.89. The van der Waals surface area contributed by atoms with E-state index < -0.39 is 0 Å². The summed E-state index contributed by atoms with van der Waals surface area (Å²) < 4.78 is 0. The van der Waals surface area contributed by atoms with E-state index in [1.165, 1.54) is 43.9 Å². The summed E-state index contributed by atoms with van der Waals surface area (Å²) in [5.74, 6) is 0.742. The van der Waals surface area contributed by atoms with Crippen LogP contribution in [-0.4, -0.2) is 32.7 Å². The second-order valence-corrected chi connectivity index (χ2v) is 6.65. The number of aromatic nitrogens is 3. The molecule has 1 aromatic rings. The quantitative estimate of drug-likeness (QED) is 0.699. The Kier molecular flexibility index (Phi) is 5.60. The molecular weight excluding hydrogens is 288 g/mol. The maximum Gasteiger partial charge on any atom is 0.233 e. The van der Waals surface area contributed by atoms with Gasteiger partial charge in [-0.1, -0.05) is 31.0 Å². The van der Waals surface area contributed by atoms with Crippen molar-refractivity contribution in [1.29, 1.82) is 0 Å². The summed E-state index contributed by atoms with van der Waals surface area (Å²) in [5, 5.41) is 3.09. The molecule has 21 heavy (non-hydrogen) atoms. The highest BCUT2D eigenvalue weighted by Crippen LogP contribution is 2.23. The molecule has 5 N–H and O–H groups in total. The molecule has 1 unspecified atom stereocenters. The number of carbonyl (C=O) groups is 1. The van der Waals surface area contributed by atoms with Gasteiger partial charge < -0.3 is 16.8 Å². The highest BCUT2D eigenvalue weighted by atomic mass is 32.2. The smallest absolute Gasteiger partial charge is 0.233 e. The molecule has 1 saturated carbocycles. The Morgan fingerprint density at radius 1 is 1.24 bits per heavy atom. The molecular formula is C13H22N6OS. The molecule has 8 heteroatoms. The van der Waals surface area contributed by atoms with E-state index in [2.05, 4.69) is 20.3 Å². The van der Waals surface area contributed by atoms with E-state index in [1.807, 2.05) is 6.92 Å². The summed E-state index contributed by atoms with van der Waals surface area (Å²) in [5.41, 5.74) is 11.0. The molecule has 1 aliphatic carbocycles. The monoisotopic (exact) mass is 310 g/mol. The van der Waals surface area contributed by atoms with Crippen LogP contribution in [0.15, 0.2) is 5.16 Å². The van der Waals surface area contributed by atoms with Crippen LogP contribution in [0.3, 0.4) is 0 Å². The van der Waals surface area contributed by atoms with Crippen LogP contribution in [0, 0.1) is 5.92 Å². The highest BCUT2D eigenvalue weighted by molar-refractivity contribution is 8.00. The Labute approximate surface area is 128 Å². The zero-order valence-corrected chi connectivity index (χ0v) is 13.0. The van der Waals surface area contributed by atoms with Crippen LogP contribution >= 0.6 is 11.8 Å². The van der Waals surface area contributed by atoms with Gasteiger partial charge in [0.05, 0.1) is 5.25 Å². The van der Waals surface area contributed by atoms with Crippen LogP contribution in [0.25, 0.3) is 0 Å². The molecule has 1 amide bonds. The molecule has 0 bridgehead atoms. The SMILES string of the molecule is CC(Sc1nc(N)nc(N)n1)C(=O)NCC1CCCCC1. The molecule has 1 aliphatic rings. The van der Waals surface area contributed by atoms with Crippen LogP contribution in [0.2, 0.25) is 0 Å². The molecule has 0 aromatic carbocycles. The maximum absolute atomic E-state index is 12.1. The number of nitrogens with zero attached hydrogens (tertiary/aromatic N) is 3. The molecule has 116 valence electrons. The number of nitrogens with one attached hydrogen (secondary N) is 1. The van der Waals surface area contributed by atoms with E-state index in [1.54, 1.807) is 0 Å². The highest BCUT2D eigenvalue weighted by Gasteiger charge is 2.19. The number of nitrogen functional groups attached to an aromatic ring is 2. The van der Waals surface area contributed by atoms with Gasteiger partial charge >= 0.3 is 0 Å². The van der Waals surface area contributed by atoms with Gasteiger partial charge in [0, 0.05) is 6.54 Å². The fourth-order valence-electron chi connectivity index (χ4n) is 2.43. The summed E-state index contributed by atoms with van der Waals surface area (Å²) in [4.78, 5) is 23.7. The minimum Gasteiger partial charge on any atom is -0.368 e. The molecule has 0 radical (unpaired) electrons. The summed E-state index contributed by atoms with van der Waals surface area (Å²) in [7, 11) is 0. The van der Waals surface area contributed by atoms with Gasteiger partial charge in [0.2, 0.25) is 17.8 Å². The molecule has 1 aromatic heterocycles. The van der Waals surface area contributed by atoms with E-state index in [9.17, 15) is 4.79 Å². The normalized spacial score (nSPS) is 17.4. The Balaban J connectivity index is 1.81. The van der Waals surface area contributed by atoms with Crippen molar-refractivity contribution >= 4 is 29.6 Å². The second kappa shape index (κ2) is 7.44. The van der Waals surface area contributed by atoms with Crippen molar-refractivity contribution in [2.75, 3.05) is 18.0 Å². The van der Waals surface area contributed by atoms with Crippen molar-refractivity contribution in [3.8, 4) is 0 Å². The van der Waals surface area contributed by atoms with Gasteiger partial charge in [-0.2, -0.15) is 15.0 Å². The maximum atomic E-state index is 12.1. The van der Waals surface area contributed by atoms with Crippen molar-refractivity contribution < 1.29 is 4.79 Å². The molecule has 1 fully saturated rings. The standard InChI is InChI=1S/C13H22N6OS/c1-8(21-13-18-11(14)17-12(15)19-13)10(20)16-7-9-5-3-2-4-6-9/h8-9H,2-7H2,1H3,(H,16,20)(H4,14,15,17,18,19). The van der Waals surface area contributed by atoms with E-state index in [0.717, 1.165) is 6.54 Å². The first-order valence-corrected chi connectivity index (χ1v) is 8.14. The molecule has 1 heterocycles. The molecule has 2 rings (SSSR count). The number of hydrogen-bond acceptors (Lipinski definition) is 7. The Morgan fingerprint density at radius 2 is 1.86 bits per heavy atom. The number of hydrogen-bond donors (Lipinski definition) is 3. The number of rotatable bonds is 5. The lowest BCUT2D eigenvalue weighted by Gasteiger charge is -2.22. The van der Waals surface area contributed by atoms with Crippen LogP contribution in [0.4, 0.5) is 11.9 Å². The lowest BCUT2D eigenvalue weighted by Crippen LogP contribution is -2.35. The van der Waals surface area contributed by atoms with Crippen LogP contribution in [-0.2, 0) is 4.79 Å². The number of amides is 1. The minimum atomic E-state index is -0.296. The average Bonchev–Trinajstić information content (AvgIpc) is 2.44. The van der Waals surface area contributed by atoms with E-state index in [-0.39, 0.29) is 23.1 Å². The fraction of sp³-hybridized carbons (Fsp3) is 0.692. The Bertz CT molecular complexity index is 471. The number of nitrogens with two attached hydrogens (primary N) is 2. The lowest BCUT2D eigenvalue weighted by molar-refractivity contribution is -0.120. The average molecular weight is 310 g/mol. The summed E-state index contributed by atoms with van der Waals surface area (Å²) in [6, 6.07) is 0. The topological polar surface area (TPSA) is 120 Å². The number of thioether (sulfide) groups is 1. The zero-order chi connectivity index (χ0) is 15.2. The molecule has 0 spiro atoms. The van der Waals surface area contributed by atoms with Gasteiger partial charge in [0.25, 0.3) is 0 Å². The third-order valence-electron chi connectivity index (χ3n) is 3.59. The van der Waals surface area contributed by atoms with Crippen molar-refractivity contribution in [1.82, 2.24) is 20.3 Å². The molecule has 0 aliphatic heterocycles. The van der Waals surface area contributed by atoms with Gasteiger partial charge in [-0.15, -0.1) is 0 Å². The summed E-state index contributed by atoms with van der Waals surface area (Å²) in [6.07, 6.45) is 6.28. The third kappa shape index (κ3) is 5.04. The Hall–Kier alpha value is -1.57. The molecule has 7 nitrogen and oxygen atoms in total. The first kappa shape index (κ1) is 15.8. The van der Waals surface area contributed by atoms with E-state index in [0.29, 0.717) is 11.1 Å². The fourth-order valence-corrected chi connectivity index (χ4v) is 3.23. The summed E-state index contributed by atoms with van der Waals surface area (Å²) >= 11 is 1.23.